The van der Waals surface area contributed by atoms with E-state index in [1.54, 1.807) is 6.92 Å². The first-order chi connectivity index (χ1) is 9.90. The van der Waals surface area contributed by atoms with Crippen LogP contribution in [-0.4, -0.2) is 18.6 Å². The third-order valence-electron chi connectivity index (χ3n) is 3.28. The van der Waals surface area contributed by atoms with Gasteiger partial charge in [0.2, 0.25) is 10.0 Å². The number of hydrogen-bond acceptors (Lipinski definition) is 3. The predicted molar refractivity (Wildman–Crippen MR) is 82.3 cm³/mol. The van der Waals surface area contributed by atoms with Crippen LogP contribution in [0.3, 0.4) is 0 Å². The van der Waals surface area contributed by atoms with Crippen LogP contribution in [0.5, 0.6) is 0 Å². The summed E-state index contributed by atoms with van der Waals surface area (Å²) in [5.74, 6) is 0.378. The van der Waals surface area contributed by atoms with E-state index in [2.05, 4.69) is 28.8 Å². The summed E-state index contributed by atoms with van der Waals surface area (Å²) in [4.78, 5) is 0.201. The zero-order valence-electron chi connectivity index (χ0n) is 12.5. The van der Waals surface area contributed by atoms with Crippen LogP contribution in [0.2, 0.25) is 0 Å². The van der Waals surface area contributed by atoms with E-state index in [-0.39, 0.29) is 10.9 Å². The van der Waals surface area contributed by atoms with Gasteiger partial charge in [0, 0.05) is 6.04 Å². The van der Waals surface area contributed by atoms with Gasteiger partial charge in [0.1, 0.15) is 4.90 Å². The van der Waals surface area contributed by atoms with Crippen LogP contribution in [-0.2, 0) is 10.0 Å². The fourth-order valence-corrected chi connectivity index (χ4v) is 3.64. The molecule has 0 bridgehead atoms. The fourth-order valence-electron chi connectivity index (χ4n) is 2.27. The third-order valence-corrected chi connectivity index (χ3v) is 4.87. The highest BCUT2D eigenvalue weighted by molar-refractivity contribution is 7.89. The first-order valence-electron chi connectivity index (χ1n) is 6.97. The van der Waals surface area contributed by atoms with Gasteiger partial charge in [-0.3, -0.25) is 5.10 Å². The van der Waals surface area contributed by atoms with Crippen LogP contribution in [0, 0.1) is 12.8 Å². The van der Waals surface area contributed by atoms with Crippen LogP contribution < -0.4 is 4.72 Å². The van der Waals surface area contributed by atoms with Gasteiger partial charge in [0.05, 0.1) is 11.9 Å². The second kappa shape index (κ2) is 6.41. The molecule has 0 fully saturated rings. The van der Waals surface area contributed by atoms with E-state index in [0.717, 1.165) is 12.0 Å². The van der Waals surface area contributed by atoms with Crippen molar-refractivity contribution in [2.24, 2.45) is 5.92 Å². The predicted octanol–water partition coefficient (Wildman–Crippen LogP) is 2.78. The molecular formula is C15H21N3O2S. The van der Waals surface area contributed by atoms with E-state index in [1.807, 2.05) is 30.3 Å². The average Bonchev–Trinajstić information content (AvgIpc) is 2.85. The van der Waals surface area contributed by atoms with E-state index in [1.165, 1.54) is 6.20 Å². The molecule has 1 aromatic carbocycles. The minimum absolute atomic E-state index is 0.201. The summed E-state index contributed by atoms with van der Waals surface area (Å²) in [5.41, 5.74) is 1.51. The lowest BCUT2D eigenvalue weighted by atomic mass is 9.98. The second-order valence-electron chi connectivity index (χ2n) is 5.57. The third kappa shape index (κ3) is 3.92. The number of rotatable bonds is 6. The lowest BCUT2D eigenvalue weighted by molar-refractivity contribution is 0.472. The Morgan fingerprint density at radius 3 is 2.43 bits per heavy atom. The Bertz CT molecular complexity index is 678. The molecule has 0 amide bonds. The van der Waals surface area contributed by atoms with Crippen molar-refractivity contribution in [3.05, 3.63) is 47.8 Å². The molecule has 6 heteroatoms. The smallest absolute Gasteiger partial charge is 0.244 e. The molecule has 2 N–H and O–H groups in total. The molecule has 1 unspecified atom stereocenters. The number of hydrogen-bond donors (Lipinski definition) is 2. The number of benzene rings is 1. The molecule has 0 aliphatic rings. The number of sulfonamides is 1. The zero-order chi connectivity index (χ0) is 15.5. The number of aryl methyl sites for hydroxylation is 1. The quantitative estimate of drug-likeness (QED) is 0.861. The summed E-state index contributed by atoms with van der Waals surface area (Å²) in [6, 6.07) is 9.39. The largest absolute Gasteiger partial charge is 0.281 e. The van der Waals surface area contributed by atoms with Crippen LogP contribution in [0.4, 0.5) is 0 Å². The molecule has 1 heterocycles. The molecule has 1 aromatic heterocycles. The SMILES string of the molecule is Cc1[nH]ncc1S(=O)(=O)NC(CC(C)C)c1ccccc1. The molecular weight excluding hydrogens is 286 g/mol. The molecule has 0 aliphatic heterocycles. The van der Waals surface area contributed by atoms with E-state index >= 15 is 0 Å². The van der Waals surface area contributed by atoms with Gasteiger partial charge in [-0.25, -0.2) is 13.1 Å². The van der Waals surface area contributed by atoms with Gasteiger partial charge < -0.3 is 0 Å². The molecule has 2 aromatic rings. The molecule has 0 radical (unpaired) electrons. The van der Waals surface area contributed by atoms with Crippen molar-refractivity contribution in [3.8, 4) is 0 Å². The minimum atomic E-state index is -3.58. The average molecular weight is 307 g/mol. The Morgan fingerprint density at radius 2 is 1.90 bits per heavy atom. The normalized spacial score (nSPS) is 13.5. The summed E-state index contributed by atoms with van der Waals surface area (Å²) in [6.45, 7) is 5.85. The first-order valence-corrected chi connectivity index (χ1v) is 8.45. The Kier molecular flexibility index (Phi) is 4.80. The molecule has 0 spiro atoms. The van der Waals surface area contributed by atoms with Crippen LogP contribution >= 0.6 is 0 Å². The van der Waals surface area contributed by atoms with Gasteiger partial charge >= 0.3 is 0 Å². The minimum Gasteiger partial charge on any atom is -0.281 e. The summed E-state index contributed by atoms with van der Waals surface area (Å²) in [7, 11) is -3.58. The lowest BCUT2D eigenvalue weighted by Crippen LogP contribution is -2.29. The highest BCUT2D eigenvalue weighted by atomic mass is 32.2. The fraction of sp³-hybridized carbons (Fsp3) is 0.400. The van der Waals surface area contributed by atoms with Crippen molar-refractivity contribution < 1.29 is 8.42 Å². The number of nitrogens with one attached hydrogen (secondary N) is 2. The van der Waals surface area contributed by atoms with Gasteiger partial charge in [0.25, 0.3) is 0 Å². The van der Waals surface area contributed by atoms with Crippen molar-refractivity contribution in [1.82, 2.24) is 14.9 Å². The highest BCUT2D eigenvalue weighted by Crippen LogP contribution is 2.24. The number of nitrogens with zero attached hydrogens (tertiary/aromatic N) is 1. The van der Waals surface area contributed by atoms with Crippen molar-refractivity contribution in [2.45, 2.75) is 38.1 Å². The molecule has 5 nitrogen and oxygen atoms in total. The summed E-state index contributed by atoms with van der Waals surface area (Å²) in [6.07, 6.45) is 2.08. The maximum Gasteiger partial charge on any atom is 0.244 e. The van der Waals surface area contributed by atoms with E-state index in [4.69, 9.17) is 0 Å². The van der Waals surface area contributed by atoms with Gasteiger partial charge in [-0.1, -0.05) is 44.2 Å². The van der Waals surface area contributed by atoms with Crippen LogP contribution in [0.25, 0.3) is 0 Å². The molecule has 0 saturated heterocycles. The van der Waals surface area contributed by atoms with Crippen molar-refractivity contribution in [1.29, 1.82) is 0 Å². The molecule has 21 heavy (non-hydrogen) atoms. The van der Waals surface area contributed by atoms with Gasteiger partial charge in [0.15, 0.2) is 0 Å². The molecule has 0 saturated carbocycles. The van der Waals surface area contributed by atoms with E-state index < -0.39 is 10.0 Å². The zero-order valence-corrected chi connectivity index (χ0v) is 13.3. The van der Waals surface area contributed by atoms with E-state index in [0.29, 0.717) is 11.6 Å². The maximum absolute atomic E-state index is 12.5. The Hall–Kier alpha value is -1.66. The van der Waals surface area contributed by atoms with Crippen molar-refractivity contribution >= 4 is 10.0 Å². The summed E-state index contributed by atoms with van der Waals surface area (Å²) in [5, 5.41) is 6.44. The first kappa shape index (κ1) is 15.7. The summed E-state index contributed by atoms with van der Waals surface area (Å²) < 4.78 is 27.8. The molecule has 2 rings (SSSR count). The molecule has 114 valence electrons. The van der Waals surface area contributed by atoms with Crippen LogP contribution in [0.1, 0.15) is 37.6 Å². The molecule has 0 aliphatic carbocycles. The van der Waals surface area contributed by atoms with E-state index in [9.17, 15) is 8.42 Å². The monoisotopic (exact) mass is 307 g/mol. The highest BCUT2D eigenvalue weighted by Gasteiger charge is 2.24. The summed E-state index contributed by atoms with van der Waals surface area (Å²) >= 11 is 0. The lowest BCUT2D eigenvalue weighted by Gasteiger charge is -2.21. The molecule has 1 atom stereocenters. The topological polar surface area (TPSA) is 74.8 Å². The van der Waals surface area contributed by atoms with Crippen molar-refractivity contribution in [3.63, 3.8) is 0 Å². The second-order valence-corrected chi connectivity index (χ2v) is 7.26. The van der Waals surface area contributed by atoms with Crippen LogP contribution in [0.15, 0.2) is 41.4 Å². The standard InChI is InChI=1S/C15H21N3O2S/c1-11(2)9-14(13-7-5-4-6-8-13)18-21(19,20)15-10-16-17-12(15)3/h4-8,10-11,14,18H,9H2,1-3H3,(H,16,17). The Morgan fingerprint density at radius 1 is 1.24 bits per heavy atom. The van der Waals surface area contributed by atoms with Gasteiger partial charge in [-0.05, 0) is 24.8 Å². The number of aromatic amines is 1. The van der Waals surface area contributed by atoms with Gasteiger partial charge in [-0.2, -0.15) is 5.10 Å². The number of aromatic nitrogens is 2. The van der Waals surface area contributed by atoms with Gasteiger partial charge in [-0.15, -0.1) is 0 Å². The number of H-pyrrole nitrogens is 1. The van der Waals surface area contributed by atoms with Crippen molar-refractivity contribution in [2.75, 3.05) is 0 Å². The maximum atomic E-state index is 12.5. The Labute approximate surface area is 125 Å². The Balaban J connectivity index is 2.29.